The highest BCUT2D eigenvalue weighted by molar-refractivity contribution is 5.91. The van der Waals surface area contributed by atoms with E-state index in [1.165, 1.54) is 0 Å². The minimum absolute atomic E-state index is 0.277. The van der Waals surface area contributed by atoms with Gasteiger partial charge in [-0.3, -0.25) is 4.99 Å². The van der Waals surface area contributed by atoms with E-state index in [0.29, 0.717) is 54.7 Å². The van der Waals surface area contributed by atoms with E-state index in [4.69, 9.17) is 23.7 Å². The Bertz CT molecular complexity index is 1380. The van der Waals surface area contributed by atoms with Crippen LogP contribution in [0.5, 0.6) is 17.2 Å². The van der Waals surface area contributed by atoms with E-state index in [9.17, 15) is 14.4 Å². The molecule has 0 aliphatic rings. The molecule has 3 aromatic carbocycles. The molecule has 0 amide bonds. The van der Waals surface area contributed by atoms with Crippen molar-refractivity contribution < 1.29 is 38.1 Å². The highest BCUT2D eigenvalue weighted by atomic mass is 16.5. The molecule has 0 atom stereocenters. The van der Waals surface area contributed by atoms with Gasteiger partial charge in [-0.2, -0.15) is 0 Å². The molecule has 0 unspecified atom stereocenters. The summed E-state index contributed by atoms with van der Waals surface area (Å²) < 4.78 is 26.7. The number of carbonyl (C=O) groups excluding carboxylic acids is 3. The van der Waals surface area contributed by atoms with Crippen LogP contribution >= 0.6 is 0 Å². The van der Waals surface area contributed by atoms with Gasteiger partial charge in [0, 0.05) is 24.8 Å². The molecule has 0 fully saturated rings. The van der Waals surface area contributed by atoms with Gasteiger partial charge in [-0.1, -0.05) is 13.2 Å². The summed E-state index contributed by atoms with van der Waals surface area (Å²) in [7, 11) is 0. The van der Waals surface area contributed by atoms with Gasteiger partial charge in [0.15, 0.2) is 0 Å². The molecule has 0 heterocycles. The molecule has 3 rings (SSSR count). The van der Waals surface area contributed by atoms with Gasteiger partial charge in [0.1, 0.15) is 17.2 Å². The highest BCUT2D eigenvalue weighted by Crippen LogP contribution is 2.21. The molecule has 0 aromatic heterocycles. The fourth-order valence-corrected chi connectivity index (χ4v) is 3.71. The number of benzene rings is 3. The van der Waals surface area contributed by atoms with E-state index < -0.39 is 17.9 Å². The Labute approximate surface area is 257 Å². The minimum atomic E-state index is -0.468. The van der Waals surface area contributed by atoms with E-state index >= 15 is 0 Å². The van der Waals surface area contributed by atoms with Crippen LogP contribution < -0.4 is 14.2 Å². The van der Waals surface area contributed by atoms with Gasteiger partial charge in [0.25, 0.3) is 0 Å². The van der Waals surface area contributed by atoms with Crippen molar-refractivity contribution in [3.05, 3.63) is 109 Å². The summed E-state index contributed by atoms with van der Waals surface area (Å²) in [6.07, 6.45) is 8.18. The van der Waals surface area contributed by atoms with Crippen molar-refractivity contribution in [1.29, 1.82) is 0 Å². The van der Waals surface area contributed by atoms with Gasteiger partial charge < -0.3 is 23.7 Å². The predicted molar refractivity (Wildman–Crippen MR) is 168 cm³/mol. The highest BCUT2D eigenvalue weighted by Gasteiger charge is 2.09. The Hall–Kier alpha value is -5.18. The Morgan fingerprint density at radius 3 is 1.68 bits per heavy atom. The topological polar surface area (TPSA) is 110 Å². The van der Waals surface area contributed by atoms with Gasteiger partial charge in [-0.25, -0.2) is 14.4 Å². The first kappa shape index (κ1) is 33.3. The number of ether oxygens (including phenoxy) is 5. The van der Waals surface area contributed by atoms with E-state index in [-0.39, 0.29) is 6.61 Å². The van der Waals surface area contributed by atoms with Gasteiger partial charge in [0.05, 0.1) is 37.7 Å². The molecule has 0 N–H and O–H groups in total. The monoisotopic (exact) mass is 599 g/mol. The zero-order valence-corrected chi connectivity index (χ0v) is 24.7. The van der Waals surface area contributed by atoms with Crippen LogP contribution in [0.1, 0.15) is 48.0 Å². The minimum Gasteiger partial charge on any atom is -0.494 e. The third-order valence-corrected chi connectivity index (χ3v) is 6.07. The maximum Gasteiger partial charge on any atom is 0.343 e. The van der Waals surface area contributed by atoms with E-state index in [1.54, 1.807) is 54.7 Å². The second-order valence-electron chi connectivity index (χ2n) is 9.44. The van der Waals surface area contributed by atoms with Crippen LogP contribution in [-0.2, 0) is 19.1 Å². The van der Waals surface area contributed by atoms with Crippen molar-refractivity contribution in [2.45, 2.75) is 32.1 Å². The molecule has 9 heteroatoms. The number of hydrogen-bond acceptors (Lipinski definition) is 9. The first-order valence-electron chi connectivity index (χ1n) is 14.4. The second kappa shape index (κ2) is 19.1. The summed E-state index contributed by atoms with van der Waals surface area (Å²) in [6.45, 7) is 8.37. The van der Waals surface area contributed by atoms with Crippen LogP contribution in [0.3, 0.4) is 0 Å². The van der Waals surface area contributed by atoms with Crippen molar-refractivity contribution in [3.8, 4) is 17.2 Å². The van der Waals surface area contributed by atoms with Crippen LogP contribution in [-0.4, -0.2) is 50.6 Å². The summed E-state index contributed by atoms with van der Waals surface area (Å²) >= 11 is 0. The fourth-order valence-electron chi connectivity index (χ4n) is 3.71. The van der Waals surface area contributed by atoms with Crippen LogP contribution in [0.2, 0.25) is 0 Å². The molecule has 9 nitrogen and oxygen atoms in total. The first-order chi connectivity index (χ1) is 21.5. The van der Waals surface area contributed by atoms with Gasteiger partial charge >= 0.3 is 17.9 Å². The smallest absolute Gasteiger partial charge is 0.343 e. The van der Waals surface area contributed by atoms with Crippen molar-refractivity contribution in [3.63, 3.8) is 0 Å². The van der Waals surface area contributed by atoms with Crippen molar-refractivity contribution in [1.82, 2.24) is 0 Å². The van der Waals surface area contributed by atoms with Gasteiger partial charge in [-0.05, 0) is 104 Å². The maximum atomic E-state index is 12.6. The normalized spacial score (nSPS) is 10.5. The molecule has 0 saturated carbocycles. The second-order valence-corrected chi connectivity index (χ2v) is 9.44. The molecule has 230 valence electrons. The molecule has 0 saturated heterocycles. The Kier molecular flexibility index (Phi) is 14.5. The first-order valence-corrected chi connectivity index (χ1v) is 14.4. The van der Waals surface area contributed by atoms with Crippen LogP contribution in [0.15, 0.2) is 103 Å². The SMILES string of the molecule is C=CC(=O)OCCCCCCOc1ccc(C(=O)Oc2ccc(N=Cc3ccc(OCCCOC(=O)C=C)cc3)cc2)cc1. The third kappa shape index (κ3) is 12.8. The van der Waals surface area contributed by atoms with Crippen molar-refractivity contribution in [2.75, 3.05) is 26.4 Å². The Balaban J connectivity index is 1.35. The molecule has 0 spiro atoms. The summed E-state index contributed by atoms with van der Waals surface area (Å²) in [4.78, 5) is 39.0. The molecule has 3 aromatic rings. The predicted octanol–water partition coefficient (Wildman–Crippen LogP) is 6.82. The number of esters is 3. The molecular weight excluding hydrogens is 562 g/mol. The van der Waals surface area contributed by atoms with Gasteiger partial charge in [-0.15, -0.1) is 0 Å². The number of hydrogen-bond donors (Lipinski definition) is 0. The van der Waals surface area contributed by atoms with E-state index in [1.807, 2.05) is 24.3 Å². The molecule has 0 aliphatic heterocycles. The molecular formula is C35H37NO8. The average Bonchev–Trinajstić information content (AvgIpc) is 3.06. The quantitative estimate of drug-likeness (QED) is 0.0485. The van der Waals surface area contributed by atoms with Crippen LogP contribution in [0, 0.1) is 0 Å². The molecule has 0 radical (unpaired) electrons. The lowest BCUT2D eigenvalue weighted by atomic mass is 10.2. The van der Waals surface area contributed by atoms with Gasteiger partial charge in [0.2, 0.25) is 0 Å². The van der Waals surface area contributed by atoms with Crippen LogP contribution in [0.4, 0.5) is 5.69 Å². The number of nitrogens with zero attached hydrogens (tertiary/aromatic N) is 1. The molecule has 0 aliphatic carbocycles. The van der Waals surface area contributed by atoms with E-state index in [0.717, 1.165) is 43.4 Å². The molecule has 0 bridgehead atoms. The summed E-state index contributed by atoms with van der Waals surface area (Å²) in [5.74, 6) is 0.487. The summed E-state index contributed by atoms with van der Waals surface area (Å²) in [5, 5.41) is 0. The largest absolute Gasteiger partial charge is 0.494 e. The number of unbranched alkanes of at least 4 members (excludes halogenated alkanes) is 3. The number of aliphatic imine (C=N–C) groups is 1. The number of carbonyl (C=O) groups is 3. The number of rotatable bonds is 19. The standard InChI is InChI=1S/C35H37NO8/c1-3-33(37)42-23-8-6-5-7-22-40-31-18-12-28(13-19-31)35(39)44-32-20-14-29(15-21-32)36-26-27-10-16-30(17-11-27)41-24-9-25-43-34(38)4-2/h3-4,10-21,26H,1-2,5-9,22-25H2. The zero-order chi connectivity index (χ0) is 31.4. The lowest BCUT2D eigenvalue weighted by Crippen LogP contribution is -2.08. The fraction of sp³-hybridized carbons (Fsp3) is 0.257. The zero-order valence-electron chi connectivity index (χ0n) is 24.7. The maximum absolute atomic E-state index is 12.6. The summed E-state index contributed by atoms with van der Waals surface area (Å²) in [5.41, 5.74) is 2.01. The summed E-state index contributed by atoms with van der Waals surface area (Å²) in [6, 6.07) is 21.2. The lowest BCUT2D eigenvalue weighted by Gasteiger charge is -2.08. The Morgan fingerprint density at radius 1 is 0.591 bits per heavy atom. The van der Waals surface area contributed by atoms with Crippen molar-refractivity contribution >= 4 is 29.8 Å². The molecule has 44 heavy (non-hydrogen) atoms. The Morgan fingerprint density at radius 2 is 1.09 bits per heavy atom. The third-order valence-electron chi connectivity index (χ3n) is 6.07. The van der Waals surface area contributed by atoms with E-state index in [2.05, 4.69) is 18.2 Å². The lowest BCUT2D eigenvalue weighted by molar-refractivity contribution is -0.138. The van der Waals surface area contributed by atoms with Crippen molar-refractivity contribution in [2.24, 2.45) is 4.99 Å². The van der Waals surface area contributed by atoms with Crippen LogP contribution in [0.25, 0.3) is 0 Å². The average molecular weight is 600 g/mol.